The van der Waals surface area contributed by atoms with Gasteiger partial charge in [-0.2, -0.15) is 0 Å². The molecule has 0 radical (unpaired) electrons. The highest BCUT2D eigenvalue weighted by molar-refractivity contribution is 9.10. The molecule has 0 heterocycles. The quantitative estimate of drug-likeness (QED) is 0.365. The first kappa shape index (κ1) is 18.8. The van der Waals surface area contributed by atoms with Crippen molar-refractivity contribution >= 4 is 22.6 Å². The highest BCUT2D eigenvalue weighted by atomic mass is 79.9. The first-order valence-corrected chi connectivity index (χ1v) is 9.77. The Morgan fingerprint density at radius 1 is 0.952 bits per heavy atom. The summed E-state index contributed by atoms with van der Waals surface area (Å²) in [7, 11) is 0. The van der Waals surface area contributed by atoms with E-state index in [4.69, 9.17) is 0 Å². The lowest BCUT2D eigenvalue weighted by Gasteiger charge is -2.25. The van der Waals surface area contributed by atoms with Crippen molar-refractivity contribution in [2.24, 2.45) is 0 Å². The summed E-state index contributed by atoms with van der Waals surface area (Å²) in [6.07, 6.45) is 12.2. The van der Waals surface area contributed by atoms with E-state index in [2.05, 4.69) is 61.0 Å². The molecule has 0 saturated heterocycles. The fourth-order valence-corrected chi connectivity index (χ4v) is 3.73. The van der Waals surface area contributed by atoms with Crippen LogP contribution in [0.15, 0.2) is 28.7 Å². The fraction of sp³-hybridized carbons (Fsp3) is 0.684. The van der Waals surface area contributed by atoms with E-state index in [1.165, 1.54) is 62.1 Å². The highest BCUT2D eigenvalue weighted by Crippen LogP contribution is 2.32. The van der Waals surface area contributed by atoms with Crippen LogP contribution in [-0.2, 0) is 0 Å². The predicted molar refractivity (Wildman–Crippen MR) is 102 cm³/mol. The maximum Gasteiger partial charge on any atom is 0.148 e. The van der Waals surface area contributed by atoms with Gasteiger partial charge in [-0.3, -0.25) is 0 Å². The molecule has 0 aromatic heterocycles. The van der Waals surface area contributed by atoms with Crippen molar-refractivity contribution in [1.82, 2.24) is 0 Å². The van der Waals surface area contributed by atoms with Crippen LogP contribution in [-0.4, -0.2) is 6.71 Å². The number of hydrogen-bond donors (Lipinski definition) is 0. The molecule has 21 heavy (non-hydrogen) atoms. The third-order valence-corrected chi connectivity index (χ3v) is 5.06. The SMILES string of the molecule is CCCCB(CCCC)C(CCCC)c1cccc(Br)c1. The van der Waals surface area contributed by atoms with Crippen LogP contribution < -0.4 is 0 Å². The van der Waals surface area contributed by atoms with Gasteiger partial charge in [-0.15, -0.1) is 0 Å². The summed E-state index contributed by atoms with van der Waals surface area (Å²) in [5.41, 5.74) is 1.55. The Hall–Kier alpha value is -0.235. The fourth-order valence-electron chi connectivity index (χ4n) is 3.32. The predicted octanol–water partition coefficient (Wildman–Crippen LogP) is 7.36. The van der Waals surface area contributed by atoms with Gasteiger partial charge in [-0.1, -0.05) is 112 Å². The van der Waals surface area contributed by atoms with E-state index in [-0.39, 0.29) is 0 Å². The Bertz CT molecular complexity index is 370. The van der Waals surface area contributed by atoms with Crippen LogP contribution in [0.4, 0.5) is 0 Å². The molecule has 0 amide bonds. The third-order valence-electron chi connectivity index (χ3n) is 4.57. The van der Waals surface area contributed by atoms with Gasteiger partial charge in [0.05, 0.1) is 0 Å². The third kappa shape index (κ3) is 7.04. The second-order valence-corrected chi connectivity index (χ2v) is 7.26. The molecule has 1 atom stereocenters. The van der Waals surface area contributed by atoms with Crippen molar-refractivity contribution in [3.8, 4) is 0 Å². The Kier molecular flexibility index (Phi) is 10.2. The van der Waals surface area contributed by atoms with E-state index in [1.807, 2.05) is 0 Å². The Balaban J connectivity index is 2.88. The summed E-state index contributed by atoms with van der Waals surface area (Å²) in [6, 6.07) is 9.05. The second kappa shape index (κ2) is 11.3. The first-order chi connectivity index (χ1) is 10.2. The normalized spacial score (nSPS) is 12.4. The number of halogens is 1. The molecule has 0 spiro atoms. The van der Waals surface area contributed by atoms with Gasteiger partial charge in [-0.05, 0) is 17.9 Å². The summed E-state index contributed by atoms with van der Waals surface area (Å²) in [4.78, 5) is 0. The second-order valence-electron chi connectivity index (χ2n) is 6.35. The smallest absolute Gasteiger partial charge is 0.0737 e. The number of benzene rings is 1. The zero-order valence-electron chi connectivity index (χ0n) is 14.2. The van der Waals surface area contributed by atoms with E-state index in [0.29, 0.717) is 0 Å². The Morgan fingerprint density at radius 3 is 2.10 bits per heavy atom. The average molecular weight is 351 g/mol. The standard InChI is InChI=1S/C19H32BBr/c1-4-7-13-19(17-11-10-12-18(21)16-17)20(14-8-5-2)15-9-6-3/h10-12,16,19H,4-9,13-15H2,1-3H3. The summed E-state index contributed by atoms with van der Waals surface area (Å²) >= 11 is 3.65. The summed E-state index contributed by atoms with van der Waals surface area (Å²) in [5.74, 6) is 0.751. The molecule has 0 aliphatic heterocycles. The van der Waals surface area contributed by atoms with Crippen molar-refractivity contribution in [2.45, 2.75) is 84.2 Å². The minimum atomic E-state index is 0.751. The van der Waals surface area contributed by atoms with Crippen molar-refractivity contribution in [3.63, 3.8) is 0 Å². The highest BCUT2D eigenvalue weighted by Gasteiger charge is 2.25. The van der Waals surface area contributed by atoms with E-state index >= 15 is 0 Å². The van der Waals surface area contributed by atoms with Gasteiger partial charge in [0.1, 0.15) is 6.71 Å². The van der Waals surface area contributed by atoms with Crippen LogP contribution in [0.25, 0.3) is 0 Å². The van der Waals surface area contributed by atoms with Crippen LogP contribution in [0.2, 0.25) is 12.6 Å². The Morgan fingerprint density at radius 2 is 1.57 bits per heavy atom. The van der Waals surface area contributed by atoms with Gasteiger partial charge in [0.15, 0.2) is 0 Å². The Labute approximate surface area is 141 Å². The van der Waals surface area contributed by atoms with Gasteiger partial charge in [-0.25, -0.2) is 0 Å². The molecular formula is C19H32BBr. The molecule has 0 aliphatic carbocycles. The molecule has 1 aromatic rings. The number of unbranched alkanes of at least 4 members (excludes halogenated alkanes) is 3. The minimum absolute atomic E-state index is 0.751. The number of hydrogen-bond acceptors (Lipinski definition) is 0. The molecule has 2 heteroatoms. The lowest BCUT2D eigenvalue weighted by Crippen LogP contribution is -2.24. The lowest BCUT2D eigenvalue weighted by atomic mass is 9.34. The van der Waals surface area contributed by atoms with Gasteiger partial charge >= 0.3 is 0 Å². The van der Waals surface area contributed by atoms with Gasteiger partial charge < -0.3 is 0 Å². The molecule has 1 aromatic carbocycles. The molecule has 1 unspecified atom stereocenters. The van der Waals surface area contributed by atoms with Crippen molar-refractivity contribution in [3.05, 3.63) is 34.3 Å². The molecule has 0 aliphatic rings. The average Bonchev–Trinajstić information content (AvgIpc) is 2.49. The largest absolute Gasteiger partial charge is 0.148 e. The lowest BCUT2D eigenvalue weighted by molar-refractivity contribution is 0.677. The molecule has 0 nitrogen and oxygen atoms in total. The zero-order valence-corrected chi connectivity index (χ0v) is 15.8. The van der Waals surface area contributed by atoms with Crippen LogP contribution in [0, 0.1) is 0 Å². The maximum absolute atomic E-state index is 3.65. The molecular weight excluding hydrogens is 319 g/mol. The van der Waals surface area contributed by atoms with E-state index in [0.717, 1.165) is 12.5 Å². The van der Waals surface area contributed by atoms with E-state index in [1.54, 1.807) is 5.56 Å². The van der Waals surface area contributed by atoms with Crippen LogP contribution in [0.1, 0.15) is 77.1 Å². The molecule has 1 rings (SSSR count). The van der Waals surface area contributed by atoms with Crippen molar-refractivity contribution in [2.75, 3.05) is 0 Å². The minimum Gasteiger partial charge on any atom is -0.0737 e. The van der Waals surface area contributed by atoms with Gasteiger partial charge in [0.2, 0.25) is 0 Å². The molecule has 118 valence electrons. The van der Waals surface area contributed by atoms with E-state index < -0.39 is 0 Å². The summed E-state index contributed by atoms with van der Waals surface area (Å²) < 4.78 is 1.23. The van der Waals surface area contributed by atoms with Gasteiger partial charge in [0, 0.05) is 4.47 Å². The molecule has 0 saturated carbocycles. The maximum atomic E-state index is 3.65. The van der Waals surface area contributed by atoms with Crippen molar-refractivity contribution < 1.29 is 0 Å². The van der Waals surface area contributed by atoms with Crippen molar-refractivity contribution in [1.29, 1.82) is 0 Å². The topological polar surface area (TPSA) is 0 Å². The summed E-state index contributed by atoms with van der Waals surface area (Å²) in [5, 5.41) is 0. The zero-order chi connectivity index (χ0) is 15.5. The summed E-state index contributed by atoms with van der Waals surface area (Å²) in [6.45, 7) is 7.81. The van der Waals surface area contributed by atoms with Crippen LogP contribution in [0.3, 0.4) is 0 Å². The van der Waals surface area contributed by atoms with E-state index in [9.17, 15) is 0 Å². The molecule has 0 fully saturated rings. The molecule has 0 bridgehead atoms. The van der Waals surface area contributed by atoms with Crippen LogP contribution >= 0.6 is 15.9 Å². The van der Waals surface area contributed by atoms with Crippen LogP contribution in [0.5, 0.6) is 0 Å². The number of rotatable bonds is 11. The van der Waals surface area contributed by atoms with Gasteiger partial charge in [0.25, 0.3) is 0 Å². The first-order valence-electron chi connectivity index (χ1n) is 8.98. The monoisotopic (exact) mass is 350 g/mol. The molecule has 0 N–H and O–H groups in total.